The number of hydrogen-bond donors (Lipinski definition) is 1. The fourth-order valence-electron chi connectivity index (χ4n) is 3.82. The Hall–Kier alpha value is -2.94. The summed E-state index contributed by atoms with van der Waals surface area (Å²) < 4.78 is 21.7. The van der Waals surface area contributed by atoms with Crippen molar-refractivity contribution in [3.63, 3.8) is 0 Å². The average molecular weight is 550 g/mol. The van der Waals surface area contributed by atoms with E-state index in [1.165, 1.54) is 6.07 Å². The zero-order valence-electron chi connectivity index (χ0n) is 24.5. The maximum Gasteiger partial charge on any atom is 0.323 e. The van der Waals surface area contributed by atoms with E-state index < -0.39 is 30.1 Å². The van der Waals surface area contributed by atoms with Gasteiger partial charge in [0, 0.05) is 6.42 Å². The van der Waals surface area contributed by atoms with E-state index in [1.807, 2.05) is 13.8 Å². The molecule has 0 saturated heterocycles. The molecule has 2 N–H and O–H groups in total. The van der Waals surface area contributed by atoms with Crippen LogP contribution < -0.4 is 15.2 Å². The first-order valence-electron chi connectivity index (χ1n) is 14.2. The Morgan fingerprint density at radius 2 is 1.38 bits per heavy atom. The maximum absolute atomic E-state index is 12.6. The maximum atomic E-state index is 12.6. The molecule has 0 aromatic heterocycles. The molecule has 39 heavy (non-hydrogen) atoms. The van der Waals surface area contributed by atoms with Gasteiger partial charge < -0.3 is 24.7 Å². The number of rotatable bonds is 18. The second-order valence-electron chi connectivity index (χ2n) is 10.2. The Morgan fingerprint density at radius 1 is 0.795 bits per heavy atom. The van der Waals surface area contributed by atoms with E-state index in [1.54, 1.807) is 32.9 Å². The molecule has 9 heteroatoms. The van der Waals surface area contributed by atoms with E-state index in [2.05, 4.69) is 6.92 Å². The van der Waals surface area contributed by atoms with Gasteiger partial charge in [0.05, 0.1) is 11.8 Å². The van der Waals surface area contributed by atoms with Crippen molar-refractivity contribution in [2.75, 3.05) is 6.61 Å². The van der Waals surface area contributed by atoms with Crippen LogP contribution in [0.25, 0.3) is 0 Å². The minimum Gasteiger partial charge on any atom is -0.462 e. The van der Waals surface area contributed by atoms with Crippen molar-refractivity contribution >= 4 is 23.9 Å². The highest BCUT2D eigenvalue weighted by molar-refractivity contribution is 5.79. The molecule has 9 nitrogen and oxygen atoms in total. The van der Waals surface area contributed by atoms with Crippen LogP contribution in [0.15, 0.2) is 18.2 Å². The molecule has 0 fully saturated rings. The molecule has 4 atom stereocenters. The molecule has 1 rings (SSSR count). The van der Waals surface area contributed by atoms with Crippen LogP contribution in [0.5, 0.6) is 11.5 Å². The molecule has 0 bridgehead atoms. The number of nitrogens with two attached hydrogens (primary N) is 1. The average Bonchev–Trinajstić information content (AvgIpc) is 2.89. The lowest BCUT2D eigenvalue weighted by molar-refractivity contribution is -0.159. The molecule has 0 aliphatic carbocycles. The van der Waals surface area contributed by atoms with Gasteiger partial charge in [-0.15, -0.1) is 0 Å². The third kappa shape index (κ3) is 13.1. The Labute approximate surface area is 233 Å². The molecular formula is C30H47NO8. The predicted octanol–water partition coefficient (Wildman–Crippen LogP) is 5.29. The van der Waals surface area contributed by atoms with E-state index in [4.69, 9.17) is 24.7 Å². The summed E-state index contributed by atoms with van der Waals surface area (Å²) >= 11 is 0. The van der Waals surface area contributed by atoms with Gasteiger partial charge in [0.1, 0.15) is 18.8 Å². The number of carbonyl (C=O) groups is 4. The van der Waals surface area contributed by atoms with E-state index >= 15 is 0 Å². The van der Waals surface area contributed by atoms with Crippen molar-refractivity contribution in [2.24, 2.45) is 17.6 Å². The van der Waals surface area contributed by atoms with Gasteiger partial charge in [0.25, 0.3) is 0 Å². The van der Waals surface area contributed by atoms with Crippen LogP contribution >= 0.6 is 0 Å². The van der Waals surface area contributed by atoms with Crippen molar-refractivity contribution in [1.82, 2.24) is 0 Å². The van der Waals surface area contributed by atoms with E-state index in [-0.39, 0.29) is 42.3 Å². The highest BCUT2D eigenvalue weighted by Gasteiger charge is 2.23. The summed E-state index contributed by atoms with van der Waals surface area (Å²) in [7, 11) is 0. The smallest absolute Gasteiger partial charge is 0.323 e. The molecule has 0 amide bonds. The summed E-state index contributed by atoms with van der Waals surface area (Å²) in [5, 5.41) is 0. The van der Waals surface area contributed by atoms with Gasteiger partial charge in [-0.2, -0.15) is 0 Å². The highest BCUT2D eigenvalue weighted by atomic mass is 16.6. The van der Waals surface area contributed by atoms with Gasteiger partial charge in [-0.3, -0.25) is 19.2 Å². The van der Waals surface area contributed by atoms with Gasteiger partial charge in [-0.1, -0.05) is 66.4 Å². The van der Waals surface area contributed by atoms with Crippen LogP contribution in [0.2, 0.25) is 0 Å². The summed E-state index contributed by atoms with van der Waals surface area (Å²) in [4.78, 5) is 49.5. The topological polar surface area (TPSA) is 131 Å². The highest BCUT2D eigenvalue weighted by Crippen LogP contribution is 2.31. The van der Waals surface area contributed by atoms with E-state index in [9.17, 15) is 19.2 Å². The molecule has 220 valence electrons. The molecule has 0 heterocycles. The SMILES string of the molecule is CCCCCC(=O)OC[C@H](C)OC(=O)[C@@H](N)Cc1ccc(OC(=O)C(C)CCC)c(OC(=O)C(C)CCC)c1. The molecule has 1 aromatic carbocycles. The van der Waals surface area contributed by atoms with Crippen LogP contribution in [0, 0.1) is 11.8 Å². The number of benzene rings is 1. The standard InChI is InChI=1S/C30H47NO8/c1-7-10-11-14-27(32)36-19-22(6)37-30(35)24(31)17-23-15-16-25(38-28(33)20(4)12-8-2)26(18-23)39-29(34)21(5)13-9-3/h15-16,18,20-22,24H,7-14,17,19,31H2,1-6H3/t20?,21?,22-,24-/m0/s1. The summed E-state index contributed by atoms with van der Waals surface area (Å²) in [5.74, 6) is -2.23. The van der Waals surface area contributed by atoms with Gasteiger partial charge >= 0.3 is 23.9 Å². The fourth-order valence-corrected chi connectivity index (χ4v) is 3.82. The molecule has 0 aliphatic heterocycles. The molecule has 0 radical (unpaired) electrons. The van der Waals surface area contributed by atoms with E-state index in [0.717, 1.165) is 32.1 Å². The van der Waals surface area contributed by atoms with Crippen LogP contribution in [-0.2, 0) is 35.1 Å². The van der Waals surface area contributed by atoms with Gasteiger partial charge in [0.2, 0.25) is 0 Å². The quantitative estimate of drug-likeness (QED) is 0.147. The zero-order valence-corrected chi connectivity index (χ0v) is 24.5. The number of esters is 4. The largest absolute Gasteiger partial charge is 0.462 e. The lowest BCUT2D eigenvalue weighted by Gasteiger charge is -2.18. The number of ether oxygens (including phenoxy) is 4. The number of hydrogen-bond acceptors (Lipinski definition) is 9. The summed E-state index contributed by atoms with van der Waals surface area (Å²) in [6.45, 7) is 11.2. The molecule has 1 aromatic rings. The van der Waals surface area contributed by atoms with Crippen molar-refractivity contribution < 1.29 is 38.1 Å². The first-order valence-corrected chi connectivity index (χ1v) is 14.2. The monoisotopic (exact) mass is 549 g/mol. The molecular weight excluding hydrogens is 502 g/mol. The Kier molecular flexibility index (Phi) is 16.1. The third-order valence-corrected chi connectivity index (χ3v) is 6.22. The zero-order chi connectivity index (χ0) is 29.4. The molecule has 0 spiro atoms. The van der Waals surface area contributed by atoms with Crippen molar-refractivity contribution in [3.05, 3.63) is 23.8 Å². The van der Waals surface area contributed by atoms with Gasteiger partial charge in [-0.25, -0.2) is 0 Å². The predicted molar refractivity (Wildman–Crippen MR) is 148 cm³/mol. The molecule has 0 aliphatic rings. The van der Waals surface area contributed by atoms with Gasteiger partial charge in [-0.05, 0) is 50.3 Å². The van der Waals surface area contributed by atoms with Crippen molar-refractivity contribution in [2.45, 2.75) is 111 Å². The number of carbonyl (C=O) groups excluding carboxylic acids is 4. The number of unbranched alkanes of at least 4 members (excludes halogenated alkanes) is 2. The van der Waals surface area contributed by atoms with Crippen LogP contribution in [0.3, 0.4) is 0 Å². The molecule has 2 unspecified atom stereocenters. The lowest BCUT2D eigenvalue weighted by atomic mass is 10.0. The minimum atomic E-state index is -1.01. The van der Waals surface area contributed by atoms with Crippen LogP contribution in [-0.4, -0.2) is 42.6 Å². The Balaban J connectivity index is 2.88. The second kappa shape index (κ2) is 18.4. The summed E-state index contributed by atoms with van der Waals surface area (Å²) in [6, 6.07) is 3.75. The minimum absolute atomic E-state index is 0.0457. The van der Waals surface area contributed by atoms with E-state index in [0.29, 0.717) is 24.8 Å². The van der Waals surface area contributed by atoms with Gasteiger partial charge in [0.15, 0.2) is 11.5 Å². The molecule has 0 saturated carbocycles. The van der Waals surface area contributed by atoms with Crippen LogP contribution in [0.1, 0.15) is 98.5 Å². The summed E-state index contributed by atoms with van der Waals surface area (Å²) in [6.07, 6.45) is 5.48. The lowest BCUT2D eigenvalue weighted by Crippen LogP contribution is -2.37. The Morgan fingerprint density at radius 3 is 1.95 bits per heavy atom. The first kappa shape index (κ1) is 34.1. The van der Waals surface area contributed by atoms with Crippen molar-refractivity contribution in [3.8, 4) is 11.5 Å². The second-order valence-corrected chi connectivity index (χ2v) is 10.2. The normalized spacial score (nSPS) is 14.0. The fraction of sp³-hybridized carbons (Fsp3) is 0.667. The van der Waals surface area contributed by atoms with Crippen LogP contribution in [0.4, 0.5) is 0 Å². The first-order chi connectivity index (χ1) is 18.5. The summed E-state index contributed by atoms with van der Waals surface area (Å²) in [5.41, 5.74) is 6.69. The van der Waals surface area contributed by atoms with Crippen molar-refractivity contribution in [1.29, 1.82) is 0 Å². The Bertz CT molecular complexity index is 932. The third-order valence-electron chi connectivity index (χ3n) is 6.22.